The zero-order valence-electron chi connectivity index (χ0n) is 7.99. The lowest BCUT2D eigenvalue weighted by molar-refractivity contribution is 0.171. The number of ether oxygens (including phenoxy) is 2. The Kier molecular flexibility index (Phi) is 2.26. The average molecular weight is 192 g/mol. The molecular formula is C10H12N2O2. The topological polar surface area (TPSA) is 56.8 Å². The van der Waals surface area contributed by atoms with Gasteiger partial charge in [0.05, 0.1) is 11.5 Å². The van der Waals surface area contributed by atoms with Crippen molar-refractivity contribution < 1.29 is 9.47 Å². The summed E-state index contributed by atoms with van der Waals surface area (Å²) < 4.78 is 10.8. The highest BCUT2D eigenvalue weighted by Gasteiger charge is 2.10. The first-order valence-electron chi connectivity index (χ1n) is 4.46. The molecule has 4 heteroatoms. The van der Waals surface area contributed by atoms with E-state index in [1.54, 1.807) is 6.92 Å². The maximum absolute atomic E-state index is 5.48. The first kappa shape index (κ1) is 8.87. The van der Waals surface area contributed by atoms with E-state index in [0.29, 0.717) is 19.0 Å². The molecule has 2 rings (SSSR count). The molecule has 1 aromatic rings. The van der Waals surface area contributed by atoms with E-state index in [0.717, 1.165) is 17.2 Å². The van der Waals surface area contributed by atoms with Crippen molar-refractivity contribution in [3.8, 4) is 11.5 Å². The molecule has 1 aliphatic rings. The third-order valence-electron chi connectivity index (χ3n) is 1.83. The van der Waals surface area contributed by atoms with Crippen LogP contribution in [0.1, 0.15) is 6.92 Å². The first-order chi connectivity index (χ1) is 6.75. The number of nitrogens with two attached hydrogens (primary N) is 1. The van der Waals surface area contributed by atoms with Gasteiger partial charge in [-0.15, -0.1) is 0 Å². The van der Waals surface area contributed by atoms with Crippen molar-refractivity contribution in [1.82, 2.24) is 0 Å². The number of hydrogen-bond donors (Lipinski definition) is 1. The highest BCUT2D eigenvalue weighted by Crippen LogP contribution is 2.33. The number of aliphatic imine (C=N–C) groups is 1. The van der Waals surface area contributed by atoms with Gasteiger partial charge in [-0.3, -0.25) is 0 Å². The summed E-state index contributed by atoms with van der Waals surface area (Å²) in [4.78, 5) is 4.13. The Bertz CT molecular complexity index is 370. The zero-order valence-corrected chi connectivity index (χ0v) is 7.99. The Labute approximate surface area is 82.3 Å². The molecular weight excluding hydrogens is 180 g/mol. The molecule has 14 heavy (non-hydrogen) atoms. The monoisotopic (exact) mass is 192 g/mol. The van der Waals surface area contributed by atoms with E-state index >= 15 is 0 Å². The normalized spacial score (nSPS) is 15.4. The van der Waals surface area contributed by atoms with Crippen LogP contribution in [0.2, 0.25) is 0 Å². The first-order valence-corrected chi connectivity index (χ1v) is 4.46. The third kappa shape index (κ3) is 1.79. The van der Waals surface area contributed by atoms with E-state index in [9.17, 15) is 0 Å². The van der Waals surface area contributed by atoms with Crippen LogP contribution in [0.4, 0.5) is 5.69 Å². The molecule has 0 aromatic heterocycles. The molecule has 74 valence electrons. The summed E-state index contributed by atoms with van der Waals surface area (Å²) in [5, 5.41) is 0. The van der Waals surface area contributed by atoms with Crippen LogP contribution >= 0.6 is 0 Å². The molecule has 0 saturated heterocycles. The van der Waals surface area contributed by atoms with Gasteiger partial charge in [0.15, 0.2) is 11.5 Å². The van der Waals surface area contributed by atoms with Gasteiger partial charge in [-0.1, -0.05) is 0 Å². The molecule has 0 saturated carbocycles. The minimum atomic E-state index is 0.529. The van der Waals surface area contributed by atoms with Crippen molar-refractivity contribution in [2.45, 2.75) is 6.92 Å². The third-order valence-corrected chi connectivity index (χ3v) is 1.83. The lowest BCUT2D eigenvalue weighted by Crippen LogP contribution is -2.15. The summed E-state index contributed by atoms with van der Waals surface area (Å²) in [6.45, 7) is 2.93. The van der Waals surface area contributed by atoms with Crippen molar-refractivity contribution in [2.75, 3.05) is 13.2 Å². The highest BCUT2D eigenvalue weighted by molar-refractivity contribution is 5.80. The van der Waals surface area contributed by atoms with Crippen LogP contribution in [-0.2, 0) is 0 Å². The van der Waals surface area contributed by atoms with E-state index in [2.05, 4.69) is 4.99 Å². The molecule has 1 aliphatic heterocycles. The number of nitrogens with zero attached hydrogens (tertiary/aromatic N) is 1. The largest absolute Gasteiger partial charge is 0.486 e. The second-order valence-corrected chi connectivity index (χ2v) is 3.08. The maximum atomic E-state index is 5.48. The number of hydrogen-bond acceptors (Lipinski definition) is 3. The molecule has 1 aromatic carbocycles. The second kappa shape index (κ2) is 3.57. The van der Waals surface area contributed by atoms with E-state index in [-0.39, 0.29) is 0 Å². The molecule has 0 amide bonds. The van der Waals surface area contributed by atoms with Crippen LogP contribution in [0.15, 0.2) is 23.2 Å². The molecule has 0 bridgehead atoms. The fraction of sp³-hybridized carbons (Fsp3) is 0.300. The molecule has 1 heterocycles. The lowest BCUT2D eigenvalue weighted by Gasteiger charge is -2.18. The Morgan fingerprint density at radius 3 is 2.71 bits per heavy atom. The maximum Gasteiger partial charge on any atom is 0.163 e. The van der Waals surface area contributed by atoms with Crippen LogP contribution in [0.25, 0.3) is 0 Å². The summed E-state index contributed by atoms with van der Waals surface area (Å²) in [6, 6.07) is 5.52. The van der Waals surface area contributed by atoms with E-state index in [1.165, 1.54) is 0 Å². The van der Waals surface area contributed by atoms with Gasteiger partial charge in [-0.2, -0.15) is 0 Å². The van der Waals surface area contributed by atoms with Gasteiger partial charge >= 0.3 is 0 Å². The lowest BCUT2D eigenvalue weighted by atomic mass is 10.2. The van der Waals surface area contributed by atoms with Crippen molar-refractivity contribution >= 4 is 11.5 Å². The molecule has 0 fully saturated rings. The summed E-state index contributed by atoms with van der Waals surface area (Å²) in [5.41, 5.74) is 6.26. The molecule has 0 aliphatic carbocycles. The fourth-order valence-electron chi connectivity index (χ4n) is 1.31. The van der Waals surface area contributed by atoms with Crippen LogP contribution < -0.4 is 15.2 Å². The summed E-state index contributed by atoms with van der Waals surface area (Å²) in [6.07, 6.45) is 0. The van der Waals surface area contributed by atoms with Crippen LogP contribution in [-0.4, -0.2) is 19.0 Å². The van der Waals surface area contributed by atoms with Gasteiger partial charge in [0.2, 0.25) is 0 Å². The molecule has 0 radical (unpaired) electrons. The zero-order chi connectivity index (χ0) is 9.97. The summed E-state index contributed by atoms with van der Waals surface area (Å²) >= 11 is 0. The van der Waals surface area contributed by atoms with Crippen LogP contribution in [0.5, 0.6) is 11.5 Å². The number of rotatable bonds is 1. The van der Waals surface area contributed by atoms with Crippen molar-refractivity contribution in [3.63, 3.8) is 0 Å². The quantitative estimate of drug-likeness (QED) is 0.541. The SMILES string of the molecule is CC(N)=Nc1ccc2c(c1)OCCO2. The van der Waals surface area contributed by atoms with Gasteiger partial charge in [-0.25, -0.2) is 4.99 Å². The van der Waals surface area contributed by atoms with E-state index in [1.807, 2.05) is 18.2 Å². The van der Waals surface area contributed by atoms with Crippen molar-refractivity contribution in [2.24, 2.45) is 10.7 Å². The Hall–Kier alpha value is -1.71. The summed E-state index contributed by atoms with van der Waals surface area (Å²) in [5.74, 6) is 2.03. The molecule has 0 atom stereocenters. The average Bonchev–Trinajstić information content (AvgIpc) is 2.17. The Morgan fingerprint density at radius 2 is 2.00 bits per heavy atom. The number of benzene rings is 1. The summed E-state index contributed by atoms with van der Waals surface area (Å²) in [7, 11) is 0. The van der Waals surface area contributed by atoms with Gasteiger partial charge in [0.25, 0.3) is 0 Å². The molecule has 4 nitrogen and oxygen atoms in total. The fourth-order valence-corrected chi connectivity index (χ4v) is 1.31. The van der Waals surface area contributed by atoms with Crippen LogP contribution in [0.3, 0.4) is 0 Å². The van der Waals surface area contributed by atoms with E-state index in [4.69, 9.17) is 15.2 Å². The van der Waals surface area contributed by atoms with Gasteiger partial charge in [0, 0.05) is 6.07 Å². The van der Waals surface area contributed by atoms with Gasteiger partial charge in [-0.05, 0) is 19.1 Å². The molecule has 0 spiro atoms. The van der Waals surface area contributed by atoms with Crippen LogP contribution in [0, 0.1) is 0 Å². The van der Waals surface area contributed by atoms with E-state index < -0.39 is 0 Å². The Morgan fingerprint density at radius 1 is 1.29 bits per heavy atom. The number of fused-ring (bicyclic) bond motifs is 1. The predicted octanol–water partition coefficient (Wildman–Crippen LogP) is 1.47. The van der Waals surface area contributed by atoms with Gasteiger partial charge < -0.3 is 15.2 Å². The molecule has 0 unspecified atom stereocenters. The minimum absolute atomic E-state index is 0.529. The Balaban J connectivity index is 2.34. The predicted molar refractivity (Wildman–Crippen MR) is 54.4 cm³/mol. The second-order valence-electron chi connectivity index (χ2n) is 3.08. The minimum Gasteiger partial charge on any atom is -0.486 e. The van der Waals surface area contributed by atoms with Crippen molar-refractivity contribution in [1.29, 1.82) is 0 Å². The van der Waals surface area contributed by atoms with Crippen molar-refractivity contribution in [3.05, 3.63) is 18.2 Å². The standard InChI is InChI=1S/C10H12N2O2/c1-7(11)12-8-2-3-9-10(6-8)14-5-4-13-9/h2-3,6H,4-5H2,1H3,(H2,11,12). The smallest absolute Gasteiger partial charge is 0.163 e. The number of amidine groups is 1. The van der Waals surface area contributed by atoms with Gasteiger partial charge in [0.1, 0.15) is 13.2 Å². The highest BCUT2D eigenvalue weighted by atomic mass is 16.6. The molecule has 2 N–H and O–H groups in total.